The lowest BCUT2D eigenvalue weighted by atomic mass is 10.2. The topological polar surface area (TPSA) is 89.8 Å². The molecule has 0 aliphatic carbocycles. The zero-order valence-electron chi connectivity index (χ0n) is 14.2. The molecule has 0 unspecified atom stereocenters. The highest BCUT2D eigenvalue weighted by molar-refractivity contribution is 7.92. The molecule has 2 aromatic carbocycles. The number of nitrogens with zero attached hydrogens (tertiary/aromatic N) is 4. The number of benzene rings is 2. The highest BCUT2D eigenvalue weighted by atomic mass is 35.5. The fraction of sp³-hybridized carbons (Fsp3) is 0.0556. The Hall–Kier alpha value is -2.97. The monoisotopic (exact) mass is 399 g/mol. The second kappa shape index (κ2) is 6.64. The predicted molar refractivity (Wildman–Crippen MR) is 104 cm³/mol. The second-order valence-corrected chi connectivity index (χ2v) is 8.00. The number of hydrogen-bond acceptors (Lipinski definition) is 5. The van der Waals surface area contributed by atoms with Crippen LogP contribution >= 0.6 is 11.6 Å². The van der Waals surface area contributed by atoms with Crippen LogP contribution in [0.4, 0.5) is 5.69 Å². The Morgan fingerprint density at radius 1 is 1.04 bits per heavy atom. The van der Waals surface area contributed by atoms with E-state index >= 15 is 0 Å². The molecule has 0 radical (unpaired) electrons. The van der Waals surface area contributed by atoms with Gasteiger partial charge in [0.25, 0.3) is 10.0 Å². The van der Waals surface area contributed by atoms with E-state index in [4.69, 9.17) is 11.6 Å². The van der Waals surface area contributed by atoms with Crippen LogP contribution in [-0.2, 0) is 10.0 Å². The standard InChI is InChI=1S/C18H14ClN5O2S/c1-12-7-10-16-18(20-12)21-23-24(16)17-11-13(19)8-9-15(17)22-27(25,26)14-5-3-2-4-6-14/h2-11,22H,1H3. The molecular weight excluding hydrogens is 386 g/mol. The van der Waals surface area contributed by atoms with Crippen LogP contribution in [0.5, 0.6) is 0 Å². The maximum absolute atomic E-state index is 12.7. The molecule has 2 heterocycles. The van der Waals surface area contributed by atoms with Gasteiger partial charge < -0.3 is 0 Å². The van der Waals surface area contributed by atoms with Crippen LogP contribution in [0, 0.1) is 6.92 Å². The summed E-state index contributed by atoms with van der Waals surface area (Å²) in [4.78, 5) is 4.49. The first-order valence-corrected chi connectivity index (χ1v) is 9.87. The van der Waals surface area contributed by atoms with Gasteiger partial charge in [0.2, 0.25) is 5.65 Å². The molecule has 2 aromatic heterocycles. The second-order valence-electron chi connectivity index (χ2n) is 5.88. The summed E-state index contributed by atoms with van der Waals surface area (Å²) >= 11 is 6.14. The molecule has 136 valence electrons. The van der Waals surface area contributed by atoms with Gasteiger partial charge >= 0.3 is 0 Å². The van der Waals surface area contributed by atoms with E-state index in [-0.39, 0.29) is 4.90 Å². The lowest BCUT2D eigenvalue weighted by molar-refractivity contribution is 0.601. The van der Waals surface area contributed by atoms with Crippen LogP contribution in [0.3, 0.4) is 0 Å². The van der Waals surface area contributed by atoms with Crippen molar-refractivity contribution in [3.63, 3.8) is 0 Å². The molecule has 0 aliphatic rings. The molecule has 27 heavy (non-hydrogen) atoms. The van der Waals surface area contributed by atoms with Gasteiger partial charge in [-0.05, 0) is 49.4 Å². The average Bonchev–Trinajstić information content (AvgIpc) is 3.06. The van der Waals surface area contributed by atoms with Gasteiger partial charge in [0.15, 0.2) is 0 Å². The highest BCUT2D eigenvalue weighted by Gasteiger charge is 2.18. The van der Waals surface area contributed by atoms with Gasteiger partial charge in [-0.25, -0.2) is 18.1 Å². The van der Waals surface area contributed by atoms with Crippen LogP contribution in [0.25, 0.3) is 16.9 Å². The maximum Gasteiger partial charge on any atom is 0.261 e. The summed E-state index contributed by atoms with van der Waals surface area (Å²) in [5.41, 5.74) is 2.70. The molecule has 4 aromatic rings. The number of sulfonamides is 1. The van der Waals surface area contributed by atoms with Crippen molar-refractivity contribution in [2.45, 2.75) is 11.8 Å². The third-order valence-corrected chi connectivity index (χ3v) is 5.55. The molecule has 0 saturated heterocycles. The number of fused-ring (bicyclic) bond motifs is 1. The largest absolute Gasteiger partial charge is 0.277 e. The van der Waals surface area contributed by atoms with E-state index in [1.807, 2.05) is 19.1 Å². The molecular formula is C18H14ClN5O2S. The maximum atomic E-state index is 12.7. The summed E-state index contributed by atoms with van der Waals surface area (Å²) in [5.74, 6) is 0. The van der Waals surface area contributed by atoms with E-state index in [2.05, 4.69) is 20.0 Å². The van der Waals surface area contributed by atoms with Crippen LogP contribution in [0.1, 0.15) is 5.69 Å². The Balaban J connectivity index is 1.84. The van der Waals surface area contributed by atoms with Crippen LogP contribution in [-0.4, -0.2) is 28.4 Å². The number of pyridine rings is 1. The van der Waals surface area contributed by atoms with Gasteiger partial charge in [0, 0.05) is 10.7 Å². The van der Waals surface area contributed by atoms with E-state index in [1.165, 1.54) is 16.8 Å². The fourth-order valence-corrected chi connectivity index (χ4v) is 3.92. The predicted octanol–water partition coefficient (Wildman–Crippen LogP) is 3.58. The zero-order chi connectivity index (χ0) is 19.0. The third kappa shape index (κ3) is 3.36. The molecule has 0 bridgehead atoms. The summed E-state index contributed by atoms with van der Waals surface area (Å²) in [6.45, 7) is 1.86. The van der Waals surface area contributed by atoms with Crippen molar-refractivity contribution in [2.24, 2.45) is 0 Å². The van der Waals surface area contributed by atoms with E-state index in [9.17, 15) is 8.42 Å². The van der Waals surface area contributed by atoms with Gasteiger partial charge in [0.05, 0.1) is 16.3 Å². The normalized spacial score (nSPS) is 11.6. The SMILES string of the molecule is Cc1ccc2c(nnn2-c2cc(Cl)ccc2NS(=O)(=O)c2ccccc2)n1. The first-order valence-electron chi connectivity index (χ1n) is 8.01. The van der Waals surface area contributed by atoms with Crippen LogP contribution < -0.4 is 4.72 Å². The summed E-state index contributed by atoms with van der Waals surface area (Å²) in [7, 11) is -3.77. The van der Waals surface area contributed by atoms with E-state index < -0.39 is 10.0 Å². The Kier molecular flexibility index (Phi) is 4.29. The smallest absolute Gasteiger partial charge is 0.261 e. The van der Waals surface area contributed by atoms with Gasteiger partial charge in [-0.2, -0.15) is 0 Å². The number of hydrogen-bond donors (Lipinski definition) is 1. The van der Waals surface area contributed by atoms with E-state index in [0.717, 1.165) is 5.69 Å². The van der Waals surface area contributed by atoms with E-state index in [1.54, 1.807) is 36.4 Å². The molecule has 9 heteroatoms. The third-order valence-electron chi connectivity index (χ3n) is 3.94. The van der Waals surface area contributed by atoms with Crippen molar-refractivity contribution in [1.82, 2.24) is 20.0 Å². The zero-order valence-corrected chi connectivity index (χ0v) is 15.7. The van der Waals surface area contributed by atoms with Crippen LogP contribution in [0.15, 0.2) is 65.6 Å². The van der Waals surface area contributed by atoms with Gasteiger partial charge in [-0.1, -0.05) is 35.0 Å². The number of anilines is 1. The summed E-state index contributed by atoms with van der Waals surface area (Å²) < 4.78 is 29.5. The van der Waals surface area contributed by atoms with Crippen molar-refractivity contribution < 1.29 is 8.42 Å². The molecule has 0 aliphatic heterocycles. The molecule has 0 atom stereocenters. The van der Waals surface area contributed by atoms with Crippen molar-refractivity contribution in [3.05, 3.63) is 71.4 Å². The quantitative estimate of drug-likeness (QED) is 0.566. The van der Waals surface area contributed by atoms with Crippen molar-refractivity contribution >= 4 is 38.5 Å². The summed E-state index contributed by atoms with van der Waals surface area (Å²) in [6.07, 6.45) is 0. The lowest BCUT2D eigenvalue weighted by Gasteiger charge is -2.13. The summed E-state index contributed by atoms with van der Waals surface area (Å²) in [5, 5.41) is 8.63. The Labute approximate surface area is 160 Å². The van der Waals surface area contributed by atoms with Gasteiger partial charge in [-0.3, -0.25) is 4.72 Å². The first kappa shape index (κ1) is 17.4. The van der Waals surface area contributed by atoms with Crippen molar-refractivity contribution in [2.75, 3.05) is 4.72 Å². The Morgan fingerprint density at radius 3 is 2.59 bits per heavy atom. The van der Waals surface area contributed by atoms with Crippen molar-refractivity contribution in [1.29, 1.82) is 0 Å². The van der Waals surface area contributed by atoms with Gasteiger partial charge in [-0.15, -0.1) is 5.10 Å². The molecule has 0 saturated carbocycles. The number of nitrogens with one attached hydrogen (secondary N) is 1. The van der Waals surface area contributed by atoms with Gasteiger partial charge in [0.1, 0.15) is 5.52 Å². The molecule has 7 nitrogen and oxygen atoms in total. The highest BCUT2D eigenvalue weighted by Crippen LogP contribution is 2.28. The number of aryl methyl sites for hydroxylation is 1. The Bertz CT molecular complexity index is 1240. The molecule has 4 rings (SSSR count). The number of aromatic nitrogens is 4. The molecule has 1 N–H and O–H groups in total. The number of halogens is 1. The fourth-order valence-electron chi connectivity index (χ4n) is 2.66. The molecule has 0 fully saturated rings. The molecule has 0 amide bonds. The number of rotatable bonds is 4. The lowest BCUT2D eigenvalue weighted by Crippen LogP contribution is -2.15. The summed E-state index contributed by atoms with van der Waals surface area (Å²) in [6, 6.07) is 16.6. The van der Waals surface area contributed by atoms with E-state index in [0.29, 0.717) is 27.6 Å². The molecule has 0 spiro atoms. The van der Waals surface area contributed by atoms with Crippen LogP contribution in [0.2, 0.25) is 5.02 Å². The first-order chi connectivity index (χ1) is 12.9. The van der Waals surface area contributed by atoms with Crippen molar-refractivity contribution in [3.8, 4) is 5.69 Å². The minimum atomic E-state index is -3.77. The minimum Gasteiger partial charge on any atom is -0.277 e. The minimum absolute atomic E-state index is 0.159. The average molecular weight is 400 g/mol. The Morgan fingerprint density at radius 2 is 1.81 bits per heavy atom.